The number of carboxylic acids is 1. The average Bonchev–Trinajstić information content (AvgIpc) is 3.26. The Hall–Kier alpha value is -2.40. The molecule has 2 fully saturated rings. The molecule has 1 saturated carbocycles. The first-order valence-electron chi connectivity index (χ1n) is 11.9. The number of amides is 1. The number of likely N-dealkylation sites (tertiary alicyclic amines) is 1. The number of aromatic carboxylic acids is 1. The zero-order valence-corrected chi connectivity index (χ0v) is 21.3. The smallest absolute Gasteiger partial charge is 0.348 e. The maximum atomic E-state index is 13.9. The number of quaternary nitrogens is 1. The molecule has 1 aromatic carbocycles. The Labute approximate surface area is 211 Å². The number of carbonyl (C=O) groups is 2. The Morgan fingerprint density at radius 3 is 2.26 bits per heavy atom. The molecule has 1 aliphatic heterocycles. The maximum Gasteiger partial charge on any atom is 0.348 e. The van der Waals surface area contributed by atoms with Crippen molar-refractivity contribution in [1.82, 2.24) is 0 Å². The summed E-state index contributed by atoms with van der Waals surface area (Å²) in [5.41, 5.74) is 1.96. The minimum atomic E-state index is -0.993. The zero-order chi connectivity index (χ0) is 23.5. The molecule has 1 aromatic heterocycles. The van der Waals surface area contributed by atoms with Crippen LogP contribution in [0.25, 0.3) is 15.3 Å². The molecule has 0 unspecified atom stereocenters. The van der Waals surface area contributed by atoms with Crippen molar-refractivity contribution in [1.29, 1.82) is 0 Å². The summed E-state index contributed by atoms with van der Waals surface area (Å²) >= 11 is 1.22. The van der Waals surface area contributed by atoms with E-state index in [1.165, 1.54) is 16.2 Å². The molecule has 6 nitrogen and oxygen atoms in total. The Kier molecular flexibility index (Phi) is 8.75. The lowest BCUT2D eigenvalue weighted by molar-refractivity contribution is -0.884. The van der Waals surface area contributed by atoms with Crippen LogP contribution < -0.4 is 22.2 Å². The molecular formula is C26H32ClN3O3S. The van der Waals surface area contributed by atoms with Gasteiger partial charge in [0.15, 0.2) is 5.69 Å². The van der Waals surface area contributed by atoms with E-state index in [9.17, 15) is 14.7 Å². The Morgan fingerprint density at radius 2 is 1.71 bits per heavy atom. The van der Waals surface area contributed by atoms with Gasteiger partial charge in [0.25, 0.3) is 0 Å². The van der Waals surface area contributed by atoms with E-state index >= 15 is 0 Å². The van der Waals surface area contributed by atoms with E-state index in [4.69, 9.17) is 6.57 Å². The number of halogens is 1. The van der Waals surface area contributed by atoms with Crippen molar-refractivity contribution >= 4 is 34.6 Å². The van der Waals surface area contributed by atoms with Crippen LogP contribution in [-0.4, -0.2) is 43.2 Å². The van der Waals surface area contributed by atoms with Gasteiger partial charge in [-0.15, -0.1) is 11.3 Å². The topological polar surface area (TPSA) is 66.4 Å². The van der Waals surface area contributed by atoms with Crippen molar-refractivity contribution < 1.29 is 32.0 Å². The van der Waals surface area contributed by atoms with E-state index in [-0.39, 0.29) is 35.2 Å². The van der Waals surface area contributed by atoms with Crippen LogP contribution in [0.2, 0.25) is 0 Å². The van der Waals surface area contributed by atoms with Gasteiger partial charge in [-0.25, -0.2) is 9.64 Å². The van der Waals surface area contributed by atoms with Crippen LogP contribution in [0.4, 0.5) is 11.4 Å². The molecule has 8 heteroatoms. The van der Waals surface area contributed by atoms with E-state index in [0.717, 1.165) is 62.1 Å². The summed E-state index contributed by atoms with van der Waals surface area (Å²) in [5, 5.41) is 10.1. The van der Waals surface area contributed by atoms with E-state index in [1.54, 1.807) is 12.1 Å². The van der Waals surface area contributed by atoms with Crippen LogP contribution in [0.5, 0.6) is 0 Å². The molecule has 2 aromatic rings. The number of carbonyl (C=O) groups excluding carboxylic acids is 1. The molecule has 2 heterocycles. The third-order valence-corrected chi connectivity index (χ3v) is 8.38. The quantitative estimate of drug-likeness (QED) is 0.610. The molecule has 1 aliphatic carbocycles. The van der Waals surface area contributed by atoms with Crippen molar-refractivity contribution in [2.24, 2.45) is 11.8 Å². The Balaban J connectivity index is 0.00000324. The van der Waals surface area contributed by atoms with Gasteiger partial charge in [-0.1, -0.05) is 31.2 Å². The number of benzene rings is 1. The lowest BCUT2D eigenvalue weighted by Crippen LogP contribution is -3.10. The normalized spacial score (nSPS) is 24.5. The second-order valence-electron chi connectivity index (χ2n) is 9.64. The summed E-state index contributed by atoms with van der Waals surface area (Å²) in [7, 11) is 2.17. The summed E-state index contributed by atoms with van der Waals surface area (Å²) in [4.78, 5) is 34.0. The summed E-state index contributed by atoms with van der Waals surface area (Å²) in [6, 6.07) is 9.10. The van der Waals surface area contributed by atoms with Gasteiger partial charge in [0.05, 0.1) is 32.4 Å². The number of nitrogens with one attached hydrogen (secondary N) is 1. The van der Waals surface area contributed by atoms with Gasteiger partial charge < -0.3 is 27.3 Å². The van der Waals surface area contributed by atoms with Crippen LogP contribution >= 0.6 is 11.3 Å². The SMILES string of the molecule is [C-]#[N+]c1ccc(-c2cc(N(C(=O)C3CCC(C)CC3)C3CC[NH+](C)CC3)c(C(=O)O)s2)cc1.[Cl-]. The van der Waals surface area contributed by atoms with Crippen LogP contribution in [-0.2, 0) is 4.79 Å². The highest BCUT2D eigenvalue weighted by molar-refractivity contribution is 7.18. The molecule has 0 radical (unpaired) electrons. The second kappa shape index (κ2) is 11.4. The third kappa shape index (κ3) is 5.63. The lowest BCUT2D eigenvalue weighted by Gasteiger charge is -2.38. The predicted octanol–water partition coefficient (Wildman–Crippen LogP) is 1.50. The summed E-state index contributed by atoms with van der Waals surface area (Å²) in [5.74, 6) is -0.277. The molecular weight excluding hydrogens is 470 g/mol. The molecule has 0 bridgehead atoms. The fraction of sp³-hybridized carbons (Fsp3) is 0.500. The van der Waals surface area contributed by atoms with Gasteiger partial charge in [0.1, 0.15) is 4.88 Å². The predicted molar refractivity (Wildman–Crippen MR) is 131 cm³/mol. The lowest BCUT2D eigenvalue weighted by atomic mass is 9.82. The molecule has 182 valence electrons. The van der Waals surface area contributed by atoms with Gasteiger partial charge in [0, 0.05) is 29.7 Å². The Bertz CT molecular complexity index is 1050. The fourth-order valence-electron chi connectivity index (χ4n) is 5.11. The van der Waals surface area contributed by atoms with Crippen LogP contribution in [0.1, 0.15) is 55.1 Å². The monoisotopic (exact) mass is 501 g/mol. The van der Waals surface area contributed by atoms with Crippen LogP contribution in [0.3, 0.4) is 0 Å². The highest BCUT2D eigenvalue weighted by atomic mass is 35.5. The summed E-state index contributed by atoms with van der Waals surface area (Å²) < 4.78 is 0. The number of nitrogens with zero attached hydrogens (tertiary/aromatic N) is 2. The molecule has 2 aliphatic rings. The van der Waals surface area contributed by atoms with Gasteiger partial charge in [-0.2, -0.15) is 0 Å². The Morgan fingerprint density at radius 1 is 1.09 bits per heavy atom. The first-order valence-corrected chi connectivity index (χ1v) is 12.7. The number of carboxylic acid groups (broad SMARTS) is 1. The minimum absolute atomic E-state index is 0. The van der Waals surface area contributed by atoms with E-state index < -0.39 is 5.97 Å². The largest absolute Gasteiger partial charge is 1.00 e. The molecule has 0 spiro atoms. The third-order valence-electron chi connectivity index (χ3n) is 7.22. The fourth-order valence-corrected chi connectivity index (χ4v) is 6.10. The van der Waals surface area contributed by atoms with Crippen molar-refractivity contribution in [2.75, 3.05) is 25.0 Å². The number of thiophene rings is 1. The van der Waals surface area contributed by atoms with Gasteiger partial charge in [0.2, 0.25) is 5.91 Å². The van der Waals surface area contributed by atoms with Crippen LogP contribution in [0.15, 0.2) is 30.3 Å². The van der Waals surface area contributed by atoms with Crippen molar-refractivity contribution in [3.05, 3.63) is 46.6 Å². The second-order valence-corrected chi connectivity index (χ2v) is 10.7. The highest BCUT2D eigenvalue weighted by Gasteiger charge is 2.37. The summed E-state index contributed by atoms with van der Waals surface area (Å²) in [6.45, 7) is 11.4. The van der Waals surface area contributed by atoms with E-state index in [2.05, 4.69) is 18.8 Å². The maximum absolute atomic E-state index is 13.9. The average molecular weight is 502 g/mol. The molecule has 34 heavy (non-hydrogen) atoms. The first kappa shape index (κ1) is 26.2. The minimum Gasteiger partial charge on any atom is -1.00 e. The first-order chi connectivity index (χ1) is 15.9. The standard InChI is InChI=1S/C26H31N3O3S.ClH/c1-17-4-6-19(7-5-17)25(30)29(21-12-14-28(3)15-13-21)22-16-23(33-24(22)26(31)32)18-8-10-20(27-2)11-9-18;/h8-11,16-17,19,21H,4-7,12-15H2,1,3H3,(H,31,32);1H. The van der Waals surface area contributed by atoms with Crippen molar-refractivity contribution in [2.45, 2.75) is 51.5 Å². The highest BCUT2D eigenvalue weighted by Crippen LogP contribution is 2.41. The van der Waals surface area contributed by atoms with Gasteiger partial charge in [-0.05, 0) is 43.2 Å². The van der Waals surface area contributed by atoms with Gasteiger partial charge >= 0.3 is 5.97 Å². The molecule has 0 atom stereocenters. The van der Waals surface area contributed by atoms with Crippen molar-refractivity contribution in [3.63, 3.8) is 0 Å². The number of anilines is 1. The molecule has 1 amide bonds. The number of hydrogen-bond acceptors (Lipinski definition) is 3. The zero-order valence-electron chi connectivity index (χ0n) is 19.7. The molecule has 1 saturated heterocycles. The van der Waals surface area contributed by atoms with Crippen molar-refractivity contribution in [3.8, 4) is 10.4 Å². The van der Waals surface area contributed by atoms with E-state index in [1.807, 2.05) is 23.1 Å². The van der Waals surface area contributed by atoms with Gasteiger partial charge in [-0.3, -0.25) is 4.79 Å². The molecule has 4 rings (SSSR count). The van der Waals surface area contributed by atoms with Crippen LogP contribution in [0, 0.1) is 18.4 Å². The summed E-state index contributed by atoms with van der Waals surface area (Å²) in [6.07, 6.45) is 5.62. The number of piperidine rings is 1. The number of hydrogen-bond donors (Lipinski definition) is 2. The molecule has 2 N–H and O–H groups in total. The van der Waals surface area contributed by atoms with E-state index in [0.29, 0.717) is 17.3 Å². The number of rotatable bonds is 5.